The Morgan fingerprint density at radius 2 is 1.62 bits per heavy atom. The third-order valence-electron chi connectivity index (χ3n) is 7.13. The molecule has 0 bridgehead atoms. The minimum Gasteiger partial charge on any atom is -0.352 e. The van der Waals surface area contributed by atoms with E-state index in [2.05, 4.69) is 5.32 Å². The van der Waals surface area contributed by atoms with Crippen molar-refractivity contribution < 1.29 is 18.0 Å². The lowest BCUT2D eigenvalue weighted by Crippen LogP contribution is -2.52. The van der Waals surface area contributed by atoms with Crippen LogP contribution >= 0.6 is 23.2 Å². The van der Waals surface area contributed by atoms with Gasteiger partial charge in [0.05, 0.1) is 15.6 Å². The molecule has 1 saturated carbocycles. The van der Waals surface area contributed by atoms with Crippen molar-refractivity contribution in [3.8, 4) is 0 Å². The van der Waals surface area contributed by atoms with Gasteiger partial charge >= 0.3 is 0 Å². The van der Waals surface area contributed by atoms with Crippen LogP contribution in [0.2, 0.25) is 10.0 Å². The molecule has 10 heteroatoms. The minimum atomic E-state index is -4.20. The van der Waals surface area contributed by atoms with Crippen molar-refractivity contribution in [1.82, 2.24) is 10.2 Å². The first-order valence-electron chi connectivity index (χ1n) is 13.2. The number of rotatable bonds is 10. The average Bonchev–Trinajstić information content (AvgIpc) is 3.45. The van der Waals surface area contributed by atoms with Gasteiger partial charge in [-0.3, -0.25) is 13.9 Å². The third-order valence-corrected chi connectivity index (χ3v) is 9.44. The molecule has 0 aliphatic heterocycles. The molecule has 0 heterocycles. The predicted molar refractivity (Wildman–Crippen MR) is 159 cm³/mol. The molecule has 0 spiro atoms. The van der Waals surface area contributed by atoms with Crippen LogP contribution in [-0.4, -0.2) is 43.8 Å². The molecule has 1 atom stereocenters. The SMILES string of the molecule is Cc1ccc(CN(C(=O)CN(c2ccc(Cl)cc2Cl)S(=O)(=O)c2ccccc2)C(C)C(=O)NC2CCCC2)cc1. The Balaban J connectivity index is 1.70. The largest absolute Gasteiger partial charge is 0.352 e. The molecular formula is C30H33Cl2N3O4S. The molecule has 0 aromatic heterocycles. The number of carbonyl (C=O) groups is 2. The summed E-state index contributed by atoms with van der Waals surface area (Å²) in [6, 6.07) is 19.1. The van der Waals surface area contributed by atoms with E-state index in [0.717, 1.165) is 41.1 Å². The van der Waals surface area contributed by atoms with Crippen molar-refractivity contribution in [2.75, 3.05) is 10.8 Å². The van der Waals surface area contributed by atoms with Crippen LogP contribution < -0.4 is 9.62 Å². The van der Waals surface area contributed by atoms with Crippen molar-refractivity contribution in [2.45, 2.75) is 63.1 Å². The van der Waals surface area contributed by atoms with Gasteiger partial charge in [-0.25, -0.2) is 8.42 Å². The van der Waals surface area contributed by atoms with Crippen molar-refractivity contribution in [3.05, 3.63) is 94.0 Å². The van der Waals surface area contributed by atoms with Crippen molar-refractivity contribution in [1.29, 1.82) is 0 Å². The predicted octanol–water partition coefficient (Wildman–Crippen LogP) is 5.97. The second kappa shape index (κ2) is 13.1. The first kappa shape index (κ1) is 29.9. The lowest BCUT2D eigenvalue weighted by Gasteiger charge is -2.32. The molecular weight excluding hydrogens is 569 g/mol. The molecule has 2 amide bonds. The number of anilines is 1. The summed E-state index contributed by atoms with van der Waals surface area (Å²) >= 11 is 12.5. The summed E-state index contributed by atoms with van der Waals surface area (Å²) in [6.07, 6.45) is 3.92. The number of nitrogens with one attached hydrogen (secondary N) is 1. The van der Waals surface area contributed by atoms with Gasteiger partial charge in [-0.05, 0) is 62.6 Å². The van der Waals surface area contributed by atoms with E-state index in [1.54, 1.807) is 25.1 Å². The molecule has 3 aromatic rings. The van der Waals surface area contributed by atoms with Crippen molar-refractivity contribution in [3.63, 3.8) is 0 Å². The zero-order valence-electron chi connectivity index (χ0n) is 22.5. The lowest BCUT2D eigenvalue weighted by molar-refractivity contribution is -0.139. The highest BCUT2D eigenvalue weighted by Gasteiger charge is 2.34. The summed E-state index contributed by atoms with van der Waals surface area (Å²) in [5.41, 5.74) is 1.99. The maximum absolute atomic E-state index is 14.0. The van der Waals surface area contributed by atoms with E-state index < -0.39 is 28.5 Å². The van der Waals surface area contributed by atoms with Gasteiger partial charge in [0.25, 0.3) is 10.0 Å². The number of halogens is 2. The summed E-state index contributed by atoms with van der Waals surface area (Å²) in [7, 11) is -4.20. The van der Waals surface area contributed by atoms with Crippen LogP contribution in [-0.2, 0) is 26.2 Å². The molecule has 1 aliphatic rings. The first-order chi connectivity index (χ1) is 19.1. The smallest absolute Gasteiger partial charge is 0.264 e. The molecule has 1 N–H and O–H groups in total. The van der Waals surface area contributed by atoms with Gasteiger partial charge in [0.1, 0.15) is 12.6 Å². The van der Waals surface area contributed by atoms with Crippen LogP contribution in [0.5, 0.6) is 0 Å². The Morgan fingerprint density at radius 1 is 0.975 bits per heavy atom. The van der Waals surface area contributed by atoms with Gasteiger partial charge in [-0.2, -0.15) is 0 Å². The summed E-state index contributed by atoms with van der Waals surface area (Å²) < 4.78 is 28.7. The molecule has 212 valence electrons. The number of aryl methyl sites for hydroxylation is 1. The lowest BCUT2D eigenvalue weighted by atomic mass is 10.1. The van der Waals surface area contributed by atoms with Crippen LogP contribution in [0.1, 0.15) is 43.7 Å². The van der Waals surface area contributed by atoms with E-state index in [1.165, 1.54) is 35.2 Å². The highest BCUT2D eigenvalue weighted by atomic mass is 35.5. The molecule has 1 aliphatic carbocycles. The average molecular weight is 603 g/mol. The Hall–Kier alpha value is -3.07. The summed E-state index contributed by atoms with van der Waals surface area (Å²) in [6.45, 7) is 3.20. The number of carbonyl (C=O) groups excluding carboxylic acids is 2. The van der Waals surface area contributed by atoms with Crippen LogP contribution in [0.25, 0.3) is 0 Å². The van der Waals surface area contributed by atoms with E-state index in [-0.39, 0.29) is 34.1 Å². The highest BCUT2D eigenvalue weighted by molar-refractivity contribution is 7.92. The zero-order chi connectivity index (χ0) is 28.9. The van der Waals surface area contributed by atoms with E-state index in [9.17, 15) is 18.0 Å². The Bertz CT molecular complexity index is 1440. The van der Waals surface area contributed by atoms with Gasteiger partial charge < -0.3 is 10.2 Å². The summed E-state index contributed by atoms with van der Waals surface area (Å²) in [4.78, 5) is 28.7. The molecule has 7 nitrogen and oxygen atoms in total. The van der Waals surface area contributed by atoms with E-state index in [1.807, 2.05) is 31.2 Å². The van der Waals surface area contributed by atoms with Crippen molar-refractivity contribution in [2.24, 2.45) is 0 Å². The first-order valence-corrected chi connectivity index (χ1v) is 15.4. The van der Waals surface area contributed by atoms with Crippen LogP contribution in [0.3, 0.4) is 0 Å². The molecule has 0 saturated heterocycles. The van der Waals surface area contributed by atoms with Gasteiger partial charge in [0, 0.05) is 17.6 Å². The quantitative estimate of drug-likeness (QED) is 0.310. The fourth-order valence-corrected chi connectivity index (χ4v) is 6.80. The standard InChI is InChI=1S/C30H33Cl2N3O4S/c1-21-12-14-23(15-13-21)19-34(22(2)30(37)33-25-8-6-7-9-25)29(36)20-35(28-17-16-24(31)18-27(28)32)40(38,39)26-10-4-3-5-11-26/h3-5,10-18,22,25H,6-9,19-20H2,1-2H3,(H,33,37). The molecule has 3 aromatic carbocycles. The fraction of sp³-hybridized carbons (Fsp3) is 0.333. The number of benzene rings is 3. The second-order valence-electron chi connectivity index (χ2n) is 10.1. The van der Waals surface area contributed by atoms with Crippen LogP contribution in [0.15, 0.2) is 77.7 Å². The van der Waals surface area contributed by atoms with Gasteiger partial charge in [0.15, 0.2) is 0 Å². The molecule has 1 unspecified atom stereocenters. The Labute approximate surface area is 246 Å². The maximum Gasteiger partial charge on any atom is 0.264 e. The molecule has 40 heavy (non-hydrogen) atoms. The molecule has 0 radical (unpaired) electrons. The zero-order valence-corrected chi connectivity index (χ0v) is 24.8. The van der Waals surface area contributed by atoms with Crippen LogP contribution in [0, 0.1) is 6.92 Å². The number of amides is 2. The topological polar surface area (TPSA) is 86.8 Å². The Morgan fingerprint density at radius 3 is 2.25 bits per heavy atom. The number of nitrogens with zero attached hydrogens (tertiary/aromatic N) is 2. The van der Waals surface area contributed by atoms with Crippen molar-refractivity contribution >= 4 is 50.7 Å². The molecule has 1 fully saturated rings. The fourth-order valence-electron chi connectivity index (χ4n) is 4.78. The van der Waals surface area contributed by atoms with Gasteiger partial charge in [-0.15, -0.1) is 0 Å². The van der Waals surface area contributed by atoms with Gasteiger partial charge in [0.2, 0.25) is 11.8 Å². The second-order valence-corrected chi connectivity index (χ2v) is 12.8. The highest BCUT2D eigenvalue weighted by Crippen LogP contribution is 2.33. The number of sulfonamides is 1. The Kier molecular flexibility index (Phi) is 9.77. The monoisotopic (exact) mass is 601 g/mol. The van der Waals surface area contributed by atoms with E-state index in [4.69, 9.17) is 23.2 Å². The third kappa shape index (κ3) is 7.16. The van der Waals surface area contributed by atoms with E-state index >= 15 is 0 Å². The normalized spacial score (nSPS) is 14.5. The minimum absolute atomic E-state index is 0.00549. The maximum atomic E-state index is 14.0. The summed E-state index contributed by atoms with van der Waals surface area (Å²) in [5.74, 6) is -0.811. The van der Waals surface area contributed by atoms with Gasteiger partial charge in [-0.1, -0.05) is 84.1 Å². The summed E-state index contributed by atoms with van der Waals surface area (Å²) in [5, 5.41) is 3.47. The molecule has 4 rings (SSSR count). The number of hydrogen-bond donors (Lipinski definition) is 1. The van der Waals surface area contributed by atoms with Crippen LogP contribution in [0.4, 0.5) is 5.69 Å². The number of hydrogen-bond acceptors (Lipinski definition) is 4. The van der Waals surface area contributed by atoms with E-state index in [0.29, 0.717) is 5.02 Å².